The minimum absolute atomic E-state index is 0.847. The lowest BCUT2D eigenvalue weighted by atomic mass is 10.4. The Morgan fingerprint density at radius 3 is 1.56 bits per heavy atom. The maximum atomic E-state index is 2.30. The van der Waals surface area contributed by atoms with Crippen molar-refractivity contribution >= 4 is 11.8 Å². The van der Waals surface area contributed by atoms with Crippen LogP contribution in [0.25, 0.3) is 0 Å². The third-order valence-corrected chi connectivity index (χ3v) is 3.21. The second-order valence-electron chi connectivity index (χ2n) is 2.57. The molecule has 0 N–H and O–H groups in total. The maximum absolute atomic E-state index is 2.30. The number of thioether (sulfide) groups is 1. The van der Waals surface area contributed by atoms with E-state index in [0.717, 1.165) is 10.5 Å². The van der Waals surface area contributed by atoms with Crippen LogP contribution in [-0.2, 0) is 0 Å². The molecule has 0 radical (unpaired) electrons. The summed E-state index contributed by atoms with van der Waals surface area (Å²) < 4.78 is 0. The molecule has 0 spiro atoms. The van der Waals surface area contributed by atoms with Gasteiger partial charge < -0.3 is 0 Å². The summed E-state index contributed by atoms with van der Waals surface area (Å²) in [5.74, 6) is 0. The first kappa shape index (κ1) is 9.35. The number of hydrogen-bond acceptors (Lipinski definition) is 1. The highest BCUT2D eigenvalue weighted by Crippen LogP contribution is 2.21. The van der Waals surface area contributed by atoms with Crippen LogP contribution in [0.15, 0.2) is 0 Å². The van der Waals surface area contributed by atoms with Crippen molar-refractivity contribution in [1.29, 1.82) is 0 Å². The summed E-state index contributed by atoms with van der Waals surface area (Å²) in [6.07, 6.45) is 2.60. The molecule has 0 aliphatic carbocycles. The predicted octanol–water partition coefficient (Wildman–Crippen LogP) is 3.32. The standard InChI is InChI=1S/C8H18S/c1-5-7(3)9-8(4)6-2/h7-8H,5-6H2,1-4H3/t7-,8-/m1/s1. The summed E-state index contributed by atoms with van der Waals surface area (Å²) in [6, 6.07) is 0. The Bertz CT molecular complexity index is 53.6. The molecule has 0 unspecified atom stereocenters. The fraction of sp³-hybridized carbons (Fsp3) is 1.00. The van der Waals surface area contributed by atoms with E-state index >= 15 is 0 Å². The van der Waals surface area contributed by atoms with Crippen LogP contribution in [0.3, 0.4) is 0 Å². The van der Waals surface area contributed by atoms with Crippen LogP contribution in [0.4, 0.5) is 0 Å². The van der Waals surface area contributed by atoms with E-state index in [9.17, 15) is 0 Å². The molecule has 0 aliphatic rings. The third-order valence-electron chi connectivity index (χ3n) is 1.61. The first-order chi connectivity index (χ1) is 4.20. The molecule has 1 heteroatoms. The van der Waals surface area contributed by atoms with Crippen LogP contribution < -0.4 is 0 Å². The van der Waals surface area contributed by atoms with Crippen LogP contribution >= 0.6 is 11.8 Å². The Morgan fingerprint density at radius 1 is 1.00 bits per heavy atom. The van der Waals surface area contributed by atoms with Crippen molar-refractivity contribution in [1.82, 2.24) is 0 Å². The Balaban J connectivity index is 3.22. The van der Waals surface area contributed by atoms with Gasteiger partial charge in [-0.3, -0.25) is 0 Å². The van der Waals surface area contributed by atoms with E-state index in [-0.39, 0.29) is 0 Å². The summed E-state index contributed by atoms with van der Waals surface area (Å²) in [5, 5.41) is 1.69. The fourth-order valence-electron chi connectivity index (χ4n) is 0.589. The van der Waals surface area contributed by atoms with Crippen molar-refractivity contribution in [2.75, 3.05) is 0 Å². The number of rotatable bonds is 4. The summed E-state index contributed by atoms with van der Waals surface area (Å²) in [5.41, 5.74) is 0. The second kappa shape index (κ2) is 5.16. The van der Waals surface area contributed by atoms with Crippen LogP contribution in [0, 0.1) is 0 Å². The zero-order valence-electron chi connectivity index (χ0n) is 6.98. The van der Waals surface area contributed by atoms with E-state index in [2.05, 4.69) is 39.5 Å². The SMILES string of the molecule is CC[C@@H](C)S[C@H](C)CC. The van der Waals surface area contributed by atoms with E-state index < -0.39 is 0 Å². The average Bonchev–Trinajstić information content (AvgIpc) is 1.87. The highest BCUT2D eigenvalue weighted by molar-refractivity contribution is 8.00. The molecule has 0 heterocycles. The quantitative estimate of drug-likeness (QED) is 0.586. The van der Waals surface area contributed by atoms with Gasteiger partial charge in [0.25, 0.3) is 0 Å². The molecule has 0 rings (SSSR count). The van der Waals surface area contributed by atoms with Gasteiger partial charge in [0.05, 0.1) is 0 Å². The van der Waals surface area contributed by atoms with E-state index in [4.69, 9.17) is 0 Å². The molecule has 0 amide bonds. The lowest BCUT2D eigenvalue weighted by molar-refractivity contribution is 0.860. The molecule has 0 fully saturated rings. The highest BCUT2D eigenvalue weighted by atomic mass is 32.2. The molecule has 0 aliphatic heterocycles. The number of hydrogen-bond donors (Lipinski definition) is 0. The van der Waals surface area contributed by atoms with Gasteiger partial charge in [0.2, 0.25) is 0 Å². The van der Waals surface area contributed by atoms with Gasteiger partial charge in [0, 0.05) is 10.5 Å². The van der Waals surface area contributed by atoms with Gasteiger partial charge in [-0.15, -0.1) is 0 Å². The molecule has 9 heavy (non-hydrogen) atoms. The maximum Gasteiger partial charge on any atom is 0.00187 e. The van der Waals surface area contributed by atoms with Crippen molar-refractivity contribution in [2.45, 2.75) is 51.0 Å². The molecule has 0 aromatic heterocycles. The molecular weight excluding hydrogens is 128 g/mol. The summed E-state index contributed by atoms with van der Waals surface area (Å²) >= 11 is 2.10. The van der Waals surface area contributed by atoms with Crippen LogP contribution in [-0.4, -0.2) is 10.5 Å². The summed E-state index contributed by atoms with van der Waals surface area (Å²) in [7, 11) is 0. The van der Waals surface area contributed by atoms with Crippen molar-refractivity contribution in [3.63, 3.8) is 0 Å². The lowest BCUT2D eigenvalue weighted by Crippen LogP contribution is -2.01. The summed E-state index contributed by atoms with van der Waals surface area (Å²) in [6.45, 7) is 9.10. The smallest absolute Gasteiger partial charge is 0.00187 e. The molecule has 0 nitrogen and oxygen atoms in total. The normalized spacial score (nSPS) is 17.3. The van der Waals surface area contributed by atoms with Gasteiger partial charge in [-0.2, -0.15) is 11.8 Å². The Morgan fingerprint density at radius 2 is 1.33 bits per heavy atom. The minimum atomic E-state index is 0.847. The summed E-state index contributed by atoms with van der Waals surface area (Å²) in [4.78, 5) is 0. The topological polar surface area (TPSA) is 0 Å². The largest absolute Gasteiger partial charge is 0.156 e. The van der Waals surface area contributed by atoms with E-state index in [0.29, 0.717) is 0 Å². The van der Waals surface area contributed by atoms with E-state index in [1.807, 2.05) is 0 Å². The predicted molar refractivity (Wildman–Crippen MR) is 47.1 cm³/mol. The molecule has 0 saturated heterocycles. The highest BCUT2D eigenvalue weighted by Gasteiger charge is 2.03. The minimum Gasteiger partial charge on any atom is -0.156 e. The van der Waals surface area contributed by atoms with Gasteiger partial charge in [0.15, 0.2) is 0 Å². The Labute approximate surface area is 63.4 Å². The monoisotopic (exact) mass is 146 g/mol. The average molecular weight is 146 g/mol. The molecule has 0 saturated carbocycles. The second-order valence-corrected chi connectivity index (χ2v) is 4.46. The zero-order valence-corrected chi connectivity index (χ0v) is 7.79. The zero-order chi connectivity index (χ0) is 7.28. The van der Waals surface area contributed by atoms with E-state index in [1.54, 1.807) is 0 Å². The van der Waals surface area contributed by atoms with Gasteiger partial charge >= 0.3 is 0 Å². The molecule has 0 aromatic carbocycles. The molecule has 0 aromatic rings. The van der Waals surface area contributed by atoms with Crippen molar-refractivity contribution in [2.24, 2.45) is 0 Å². The molecule has 56 valence electrons. The third kappa shape index (κ3) is 4.83. The van der Waals surface area contributed by atoms with Crippen LogP contribution in [0.2, 0.25) is 0 Å². The van der Waals surface area contributed by atoms with Crippen molar-refractivity contribution < 1.29 is 0 Å². The van der Waals surface area contributed by atoms with Gasteiger partial charge in [-0.1, -0.05) is 27.7 Å². The van der Waals surface area contributed by atoms with Gasteiger partial charge in [-0.05, 0) is 12.8 Å². The van der Waals surface area contributed by atoms with Gasteiger partial charge in [0.1, 0.15) is 0 Å². The Hall–Kier alpha value is 0.350. The van der Waals surface area contributed by atoms with E-state index in [1.165, 1.54) is 12.8 Å². The fourth-order valence-corrected chi connectivity index (χ4v) is 1.77. The first-order valence-corrected chi connectivity index (χ1v) is 4.80. The van der Waals surface area contributed by atoms with Crippen molar-refractivity contribution in [3.8, 4) is 0 Å². The Kier molecular flexibility index (Phi) is 5.36. The van der Waals surface area contributed by atoms with Crippen LogP contribution in [0.5, 0.6) is 0 Å². The molecule has 2 atom stereocenters. The lowest BCUT2D eigenvalue weighted by Gasteiger charge is -2.12. The van der Waals surface area contributed by atoms with Gasteiger partial charge in [-0.25, -0.2) is 0 Å². The molecule has 0 bridgehead atoms. The van der Waals surface area contributed by atoms with Crippen LogP contribution in [0.1, 0.15) is 40.5 Å². The first-order valence-electron chi connectivity index (χ1n) is 3.86. The van der Waals surface area contributed by atoms with Crippen molar-refractivity contribution in [3.05, 3.63) is 0 Å². The molecular formula is C8H18S.